The summed E-state index contributed by atoms with van der Waals surface area (Å²) in [5.41, 5.74) is 10.2. The number of rotatable bonds is 5. The van der Waals surface area contributed by atoms with Gasteiger partial charge in [0, 0.05) is 6.54 Å². The summed E-state index contributed by atoms with van der Waals surface area (Å²) in [6.07, 6.45) is 1.15. The Morgan fingerprint density at radius 1 is 1.12 bits per heavy atom. The molecule has 2 aromatic carbocycles. The second-order valence-electron chi connectivity index (χ2n) is 6.83. The highest BCUT2D eigenvalue weighted by Crippen LogP contribution is 2.26. The van der Waals surface area contributed by atoms with E-state index in [1.165, 1.54) is 11.1 Å². The SMILES string of the molecule is Cc1cccc(C(NC(=O)[C@@H]2CC[C@H](CN)O2)c2cccc(C)c2)c1.Cl. The predicted octanol–water partition coefficient (Wildman–Crippen LogP) is 3.44. The first kappa shape index (κ1) is 20.4. The second kappa shape index (κ2) is 9.17. The summed E-state index contributed by atoms with van der Waals surface area (Å²) in [5, 5.41) is 3.19. The zero-order chi connectivity index (χ0) is 17.8. The summed E-state index contributed by atoms with van der Waals surface area (Å²) in [6.45, 7) is 4.58. The van der Waals surface area contributed by atoms with Gasteiger partial charge in [0.2, 0.25) is 5.91 Å². The van der Waals surface area contributed by atoms with Crippen LogP contribution in [0.3, 0.4) is 0 Å². The summed E-state index contributed by atoms with van der Waals surface area (Å²) in [6, 6.07) is 16.3. The number of nitrogens with one attached hydrogen (secondary N) is 1. The minimum atomic E-state index is -0.411. The van der Waals surface area contributed by atoms with E-state index in [0.29, 0.717) is 6.54 Å². The molecule has 0 aromatic heterocycles. The fourth-order valence-corrected chi connectivity index (χ4v) is 3.37. The van der Waals surface area contributed by atoms with Crippen molar-refractivity contribution in [2.24, 2.45) is 5.73 Å². The fourth-order valence-electron chi connectivity index (χ4n) is 3.37. The van der Waals surface area contributed by atoms with Crippen LogP contribution in [-0.4, -0.2) is 24.7 Å². The molecule has 3 rings (SSSR count). The van der Waals surface area contributed by atoms with Gasteiger partial charge >= 0.3 is 0 Å². The number of halogens is 1. The van der Waals surface area contributed by atoms with Gasteiger partial charge in [-0.15, -0.1) is 12.4 Å². The molecule has 5 heteroatoms. The number of hydrogen-bond donors (Lipinski definition) is 2. The number of carbonyl (C=O) groups is 1. The lowest BCUT2D eigenvalue weighted by atomic mass is 9.96. The van der Waals surface area contributed by atoms with Gasteiger partial charge in [-0.05, 0) is 37.8 Å². The number of amides is 1. The van der Waals surface area contributed by atoms with Crippen molar-refractivity contribution in [3.8, 4) is 0 Å². The van der Waals surface area contributed by atoms with Gasteiger partial charge in [0.25, 0.3) is 0 Å². The van der Waals surface area contributed by atoms with Crippen molar-refractivity contribution in [2.45, 2.75) is 44.9 Å². The number of hydrogen-bond acceptors (Lipinski definition) is 3. The van der Waals surface area contributed by atoms with Crippen LogP contribution < -0.4 is 11.1 Å². The lowest BCUT2D eigenvalue weighted by Gasteiger charge is -2.23. The lowest BCUT2D eigenvalue weighted by Crippen LogP contribution is -2.38. The molecule has 2 aromatic rings. The average molecular weight is 375 g/mol. The molecule has 1 aliphatic heterocycles. The van der Waals surface area contributed by atoms with Crippen molar-refractivity contribution in [1.29, 1.82) is 0 Å². The number of benzene rings is 2. The van der Waals surface area contributed by atoms with Crippen LogP contribution in [0.15, 0.2) is 48.5 Å². The predicted molar refractivity (Wildman–Crippen MR) is 107 cm³/mol. The van der Waals surface area contributed by atoms with Gasteiger partial charge in [-0.2, -0.15) is 0 Å². The van der Waals surface area contributed by atoms with Crippen molar-refractivity contribution in [3.63, 3.8) is 0 Å². The Kier molecular flexibility index (Phi) is 7.21. The van der Waals surface area contributed by atoms with E-state index in [-0.39, 0.29) is 30.5 Å². The van der Waals surface area contributed by atoms with Crippen LogP contribution in [0.2, 0.25) is 0 Å². The molecule has 140 valence electrons. The Morgan fingerprint density at radius 3 is 2.15 bits per heavy atom. The first-order valence-corrected chi connectivity index (χ1v) is 8.86. The van der Waals surface area contributed by atoms with Crippen LogP contribution in [0, 0.1) is 13.8 Å². The highest BCUT2D eigenvalue weighted by Gasteiger charge is 2.31. The lowest BCUT2D eigenvalue weighted by molar-refractivity contribution is -0.132. The van der Waals surface area contributed by atoms with Gasteiger partial charge in [-0.1, -0.05) is 59.7 Å². The first-order chi connectivity index (χ1) is 12.1. The van der Waals surface area contributed by atoms with Gasteiger partial charge in [0.05, 0.1) is 12.1 Å². The van der Waals surface area contributed by atoms with E-state index in [0.717, 1.165) is 24.0 Å². The molecule has 3 N–H and O–H groups in total. The molecule has 0 bridgehead atoms. The Hall–Kier alpha value is -1.88. The van der Waals surface area contributed by atoms with Crippen LogP contribution in [0.25, 0.3) is 0 Å². The maximum Gasteiger partial charge on any atom is 0.249 e. The molecule has 0 spiro atoms. The Bertz CT molecular complexity index is 705. The fraction of sp³-hybridized carbons (Fsp3) is 0.381. The van der Waals surface area contributed by atoms with E-state index in [1.54, 1.807) is 0 Å². The van der Waals surface area contributed by atoms with Gasteiger partial charge in [-0.25, -0.2) is 0 Å². The normalized spacial score (nSPS) is 19.2. The van der Waals surface area contributed by atoms with Crippen LogP contribution in [-0.2, 0) is 9.53 Å². The molecule has 0 radical (unpaired) electrons. The Labute approximate surface area is 161 Å². The molecule has 1 heterocycles. The first-order valence-electron chi connectivity index (χ1n) is 8.86. The van der Waals surface area contributed by atoms with Crippen molar-refractivity contribution >= 4 is 18.3 Å². The Balaban J connectivity index is 0.00000243. The number of carbonyl (C=O) groups excluding carboxylic acids is 1. The highest BCUT2D eigenvalue weighted by atomic mass is 35.5. The maximum absolute atomic E-state index is 12.8. The molecule has 2 atom stereocenters. The third kappa shape index (κ3) is 4.85. The highest BCUT2D eigenvalue weighted by molar-refractivity contribution is 5.85. The minimum absolute atomic E-state index is 0. The van der Waals surface area contributed by atoms with Crippen molar-refractivity contribution in [2.75, 3.05) is 6.54 Å². The third-order valence-electron chi connectivity index (χ3n) is 4.70. The Morgan fingerprint density at radius 2 is 1.69 bits per heavy atom. The molecule has 0 aliphatic carbocycles. The van der Waals surface area contributed by atoms with E-state index in [9.17, 15) is 4.79 Å². The third-order valence-corrected chi connectivity index (χ3v) is 4.70. The molecule has 4 nitrogen and oxygen atoms in total. The molecule has 0 saturated carbocycles. The molecule has 1 aliphatic rings. The largest absolute Gasteiger partial charge is 0.364 e. The zero-order valence-electron chi connectivity index (χ0n) is 15.3. The van der Waals surface area contributed by atoms with E-state index < -0.39 is 6.10 Å². The average Bonchev–Trinajstić information content (AvgIpc) is 3.09. The van der Waals surface area contributed by atoms with Gasteiger partial charge in [0.15, 0.2) is 0 Å². The van der Waals surface area contributed by atoms with Crippen LogP contribution in [0.4, 0.5) is 0 Å². The molecule has 1 amide bonds. The van der Waals surface area contributed by atoms with E-state index in [1.807, 2.05) is 12.1 Å². The number of nitrogens with two attached hydrogens (primary N) is 1. The van der Waals surface area contributed by atoms with Crippen molar-refractivity contribution in [1.82, 2.24) is 5.32 Å². The van der Waals surface area contributed by atoms with Gasteiger partial charge < -0.3 is 15.8 Å². The minimum Gasteiger partial charge on any atom is -0.364 e. The van der Waals surface area contributed by atoms with E-state index in [2.05, 4.69) is 55.6 Å². The molecule has 26 heavy (non-hydrogen) atoms. The van der Waals surface area contributed by atoms with Gasteiger partial charge in [-0.3, -0.25) is 4.79 Å². The molecule has 1 saturated heterocycles. The number of ether oxygens (including phenoxy) is 1. The quantitative estimate of drug-likeness (QED) is 0.842. The smallest absolute Gasteiger partial charge is 0.249 e. The van der Waals surface area contributed by atoms with Crippen molar-refractivity contribution in [3.05, 3.63) is 70.8 Å². The van der Waals surface area contributed by atoms with Crippen molar-refractivity contribution < 1.29 is 9.53 Å². The molecule has 1 fully saturated rings. The van der Waals surface area contributed by atoms with Crippen LogP contribution in [0.5, 0.6) is 0 Å². The summed E-state index contributed by atoms with van der Waals surface area (Å²) < 4.78 is 5.76. The number of aryl methyl sites for hydroxylation is 2. The summed E-state index contributed by atoms with van der Waals surface area (Å²) in [5.74, 6) is -0.0658. The zero-order valence-corrected chi connectivity index (χ0v) is 16.1. The summed E-state index contributed by atoms with van der Waals surface area (Å²) >= 11 is 0. The topological polar surface area (TPSA) is 64.4 Å². The van der Waals surface area contributed by atoms with Gasteiger partial charge in [0.1, 0.15) is 6.10 Å². The maximum atomic E-state index is 12.8. The van der Waals surface area contributed by atoms with E-state index >= 15 is 0 Å². The standard InChI is InChI=1S/C21H26N2O2.ClH/c1-14-5-3-7-16(11-14)20(17-8-4-6-15(2)12-17)23-21(24)19-10-9-18(13-22)25-19;/h3-8,11-12,18-20H,9-10,13,22H2,1-2H3,(H,23,24);1H/t18-,19+;/m1./s1. The second-order valence-corrected chi connectivity index (χ2v) is 6.83. The van der Waals surface area contributed by atoms with E-state index in [4.69, 9.17) is 10.5 Å². The summed E-state index contributed by atoms with van der Waals surface area (Å²) in [7, 11) is 0. The molecular weight excluding hydrogens is 348 g/mol. The molecule has 0 unspecified atom stereocenters. The molecular formula is C21H27ClN2O2. The van der Waals surface area contributed by atoms with Crippen LogP contribution >= 0.6 is 12.4 Å². The monoisotopic (exact) mass is 374 g/mol. The van der Waals surface area contributed by atoms with Crippen LogP contribution in [0.1, 0.15) is 41.1 Å². The summed E-state index contributed by atoms with van der Waals surface area (Å²) in [4.78, 5) is 12.8.